The van der Waals surface area contributed by atoms with E-state index >= 15 is 0 Å². The Labute approximate surface area is 111 Å². The van der Waals surface area contributed by atoms with Crippen LogP contribution < -0.4 is 0 Å². The second kappa shape index (κ2) is 5.48. The molecule has 0 saturated heterocycles. The Kier molecular flexibility index (Phi) is 4.93. The fourth-order valence-electron chi connectivity index (χ4n) is 2.37. The van der Waals surface area contributed by atoms with Crippen molar-refractivity contribution in [1.29, 1.82) is 0 Å². The van der Waals surface area contributed by atoms with Crippen molar-refractivity contribution >= 4 is 21.4 Å². The number of sulfone groups is 1. The van der Waals surface area contributed by atoms with E-state index in [-0.39, 0.29) is 11.1 Å². The van der Waals surface area contributed by atoms with Crippen molar-refractivity contribution in [3.05, 3.63) is 0 Å². The molecule has 0 aromatic heterocycles. The highest BCUT2D eigenvalue weighted by Crippen LogP contribution is 2.35. The van der Waals surface area contributed by atoms with E-state index in [1.54, 1.807) is 20.8 Å². The van der Waals surface area contributed by atoms with Crippen LogP contribution in [0.2, 0.25) is 0 Å². The minimum absolute atomic E-state index is 0.168. The first kappa shape index (κ1) is 15.3. The molecule has 1 aliphatic carbocycles. The maximum Gasteiger partial charge on any atom is 0.155 e. The number of alkyl halides is 1. The summed E-state index contributed by atoms with van der Waals surface area (Å²) in [7, 11) is -3.00. The molecule has 1 aliphatic rings. The third-order valence-corrected chi connectivity index (χ3v) is 7.06. The summed E-state index contributed by atoms with van der Waals surface area (Å²) in [6.45, 7) is 7.53. The van der Waals surface area contributed by atoms with Crippen molar-refractivity contribution in [3.63, 3.8) is 0 Å². The van der Waals surface area contributed by atoms with Crippen LogP contribution in [0.25, 0.3) is 0 Å². The summed E-state index contributed by atoms with van der Waals surface area (Å²) in [4.78, 5) is 0. The summed E-state index contributed by atoms with van der Waals surface area (Å²) < 4.78 is 23.4. The van der Waals surface area contributed by atoms with Gasteiger partial charge in [0.25, 0.3) is 0 Å². The lowest BCUT2D eigenvalue weighted by molar-refractivity contribution is 0.282. The summed E-state index contributed by atoms with van der Waals surface area (Å²) in [5.41, 5.74) is 0. The van der Waals surface area contributed by atoms with Crippen molar-refractivity contribution in [1.82, 2.24) is 0 Å². The molecule has 3 atom stereocenters. The molecule has 0 aliphatic heterocycles. The Morgan fingerprint density at radius 2 is 1.82 bits per heavy atom. The molecule has 1 fully saturated rings. The van der Waals surface area contributed by atoms with Gasteiger partial charge in [0, 0.05) is 5.38 Å². The van der Waals surface area contributed by atoms with Crippen molar-refractivity contribution in [2.24, 2.45) is 11.8 Å². The fraction of sp³-hybridized carbons (Fsp3) is 1.00. The van der Waals surface area contributed by atoms with Crippen LogP contribution in [-0.2, 0) is 9.84 Å². The molecule has 0 aromatic carbocycles. The molecule has 0 heterocycles. The topological polar surface area (TPSA) is 34.1 Å². The van der Waals surface area contributed by atoms with E-state index in [4.69, 9.17) is 11.6 Å². The van der Waals surface area contributed by atoms with Gasteiger partial charge < -0.3 is 0 Å². The van der Waals surface area contributed by atoms with E-state index in [2.05, 4.69) is 6.92 Å². The van der Waals surface area contributed by atoms with Crippen molar-refractivity contribution < 1.29 is 8.42 Å². The molecular weight excluding hydrogens is 256 g/mol. The van der Waals surface area contributed by atoms with Gasteiger partial charge in [0.05, 0.1) is 10.5 Å². The Hall–Kier alpha value is 0.240. The van der Waals surface area contributed by atoms with Gasteiger partial charge in [-0.15, -0.1) is 11.6 Å². The lowest BCUT2D eigenvalue weighted by atomic mass is 9.81. The summed E-state index contributed by atoms with van der Waals surface area (Å²) in [6, 6.07) is 0. The van der Waals surface area contributed by atoms with Crippen molar-refractivity contribution in [2.75, 3.05) is 5.75 Å². The number of rotatable bonds is 3. The fourth-order valence-corrected chi connectivity index (χ4v) is 3.95. The molecule has 1 saturated carbocycles. The Balaban J connectivity index is 2.56. The Morgan fingerprint density at radius 1 is 1.24 bits per heavy atom. The van der Waals surface area contributed by atoms with Crippen LogP contribution in [-0.4, -0.2) is 24.3 Å². The monoisotopic (exact) mass is 280 g/mol. The first-order valence-electron chi connectivity index (χ1n) is 6.50. The highest BCUT2D eigenvalue weighted by atomic mass is 35.5. The highest BCUT2D eigenvalue weighted by Gasteiger charge is 2.32. The predicted molar refractivity (Wildman–Crippen MR) is 74.3 cm³/mol. The molecule has 2 nitrogen and oxygen atoms in total. The van der Waals surface area contributed by atoms with Gasteiger partial charge in [-0.25, -0.2) is 8.42 Å². The van der Waals surface area contributed by atoms with Gasteiger partial charge in [-0.1, -0.05) is 6.92 Å². The average molecular weight is 281 g/mol. The molecule has 0 spiro atoms. The van der Waals surface area contributed by atoms with Crippen LogP contribution in [0.5, 0.6) is 0 Å². The van der Waals surface area contributed by atoms with Crippen molar-refractivity contribution in [3.8, 4) is 0 Å². The molecule has 1 rings (SSSR count). The van der Waals surface area contributed by atoms with E-state index < -0.39 is 14.6 Å². The zero-order valence-electron chi connectivity index (χ0n) is 11.4. The standard InChI is InChI=1S/C13H25ClO2S/c1-10-5-6-12(14)11(9-10)7-8-17(15,16)13(2,3)4/h10-12H,5-9H2,1-4H3. The van der Waals surface area contributed by atoms with Crippen LogP contribution in [0, 0.1) is 11.8 Å². The normalized spacial score (nSPS) is 31.5. The van der Waals surface area contributed by atoms with Crippen LogP contribution in [0.1, 0.15) is 53.4 Å². The number of hydrogen-bond acceptors (Lipinski definition) is 2. The summed E-state index contributed by atoms with van der Waals surface area (Å²) in [5.74, 6) is 1.33. The molecule has 0 amide bonds. The van der Waals surface area contributed by atoms with Gasteiger partial charge in [0.15, 0.2) is 9.84 Å². The summed E-state index contributed by atoms with van der Waals surface area (Å²) in [5, 5.41) is 0.168. The van der Waals surface area contributed by atoms with Gasteiger partial charge in [-0.3, -0.25) is 0 Å². The summed E-state index contributed by atoms with van der Waals surface area (Å²) in [6.07, 6.45) is 4.01. The van der Waals surface area contributed by atoms with E-state index in [1.165, 1.54) is 6.42 Å². The van der Waals surface area contributed by atoms with E-state index in [0.29, 0.717) is 11.8 Å². The molecular formula is C13H25ClO2S. The first-order chi connectivity index (χ1) is 7.63. The smallest absolute Gasteiger partial charge is 0.155 e. The van der Waals surface area contributed by atoms with Crippen LogP contribution >= 0.6 is 11.6 Å². The third-order valence-electron chi connectivity index (χ3n) is 3.84. The zero-order valence-corrected chi connectivity index (χ0v) is 12.9. The SMILES string of the molecule is CC1CCC(Cl)C(CCS(=O)(=O)C(C)(C)C)C1. The predicted octanol–water partition coefficient (Wildman–Crippen LogP) is 3.63. The van der Waals surface area contributed by atoms with Gasteiger partial charge in [-0.05, 0) is 58.3 Å². The lowest BCUT2D eigenvalue weighted by Crippen LogP contribution is -2.33. The molecule has 0 N–H and O–H groups in total. The third kappa shape index (κ3) is 4.13. The van der Waals surface area contributed by atoms with E-state index in [1.807, 2.05) is 0 Å². The summed E-state index contributed by atoms with van der Waals surface area (Å²) >= 11 is 6.30. The highest BCUT2D eigenvalue weighted by molar-refractivity contribution is 7.92. The maximum atomic E-state index is 12.0. The minimum Gasteiger partial charge on any atom is -0.228 e. The maximum absolute atomic E-state index is 12.0. The first-order valence-corrected chi connectivity index (χ1v) is 8.58. The molecule has 17 heavy (non-hydrogen) atoms. The number of hydrogen-bond donors (Lipinski definition) is 0. The molecule has 0 aromatic rings. The van der Waals surface area contributed by atoms with Crippen LogP contribution in [0.3, 0.4) is 0 Å². The second-order valence-electron chi connectivity index (χ2n) is 6.41. The van der Waals surface area contributed by atoms with E-state index in [0.717, 1.165) is 19.3 Å². The zero-order chi connectivity index (χ0) is 13.3. The molecule has 102 valence electrons. The largest absolute Gasteiger partial charge is 0.228 e. The van der Waals surface area contributed by atoms with Gasteiger partial charge in [0.2, 0.25) is 0 Å². The molecule has 0 bridgehead atoms. The lowest BCUT2D eigenvalue weighted by Gasteiger charge is -2.32. The van der Waals surface area contributed by atoms with Crippen LogP contribution in [0.4, 0.5) is 0 Å². The minimum atomic E-state index is -3.00. The van der Waals surface area contributed by atoms with E-state index in [9.17, 15) is 8.42 Å². The quantitative estimate of drug-likeness (QED) is 0.740. The second-order valence-corrected chi connectivity index (χ2v) is 9.84. The van der Waals surface area contributed by atoms with Gasteiger partial charge in [0.1, 0.15) is 0 Å². The number of halogens is 1. The average Bonchev–Trinajstić information content (AvgIpc) is 2.18. The van der Waals surface area contributed by atoms with Gasteiger partial charge in [-0.2, -0.15) is 0 Å². The van der Waals surface area contributed by atoms with Gasteiger partial charge >= 0.3 is 0 Å². The van der Waals surface area contributed by atoms with Crippen LogP contribution in [0.15, 0.2) is 0 Å². The molecule has 0 radical (unpaired) electrons. The Morgan fingerprint density at radius 3 is 2.35 bits per heavy atom. The Bertz CT molecular complexity index is 343. The molecule has 4 heteroatoms. The van der Waals surface area contributed by atoms with Crippen molar-refractivity contribution in [2.45, 2.75) is 63.5 Å². The molecule has 3 unspecified atom stereocenters.